The number of imide groups is 1. The molecular weight excluding hydrogens is 352 g/mol. The highest BCUT2D eigenvalue weighted by Crippen LogP contribution is 2.39. The average Bonchev–Trinajstić information content (AvgIpc) is 3.09. The lowest BCUT2D eigenvalue weighted by atomic mass is 10.0. The molecule has 2 aromatic carbocycles. The molecule has 2 amide bonds. The maximum Gasteiger partial charge on any atom is 0.277 e. The van der Waals surface area contributed by atoms with Crippen molar-refractivity contribution in [1.82, 2.24) is 4.57 Å². The minimum atomic E-state index is -0.516. The van der Waals surface area contributed by atoms with E-state index in [1.807, 2.05) is 42.1 Å². The molecule has 5 nitrogen and oxygen atoms in total. The lowest BCUT2D eigenvalue weighted by Crippen LogP contribution is -2.31. The van der Waals surface area contributed by atoms with Gasteiger partial charge in [-0.2, -0.15) is 0 Å². The number of methoxy groups -OCH3 is 1. The summed E-state index contributed by atoms with van der Waals surface area (Å²) in [5.74, 6) is -0.280. The van der Waals surface area contributed by atoms with Crippen molar-refractivity contribution in [3.05, 3.63) is 65.3 Å². The average molecular weight is 367 g/mol. The first kappa shape index (κ1) is 16.4. The summed E-state index contributed by atoms with van der Waals surface area (Å²) >= 11 is 6.31. The van der Waals surface area contributed by atoms with Crippen LogP contribution >= 0.6 is 11.6 Å². The number of carbonyl (C=O) groups is 2. The number of nitrogens with zero attached hydrogens (tertiary/aromatic N) is 2. The second kappa shape index (κ2) is 6.04. The van der Waals surface area contributed by atoms with Crippen LogP contribution in [0.4, 0.5) is 5.69 Å². The van der Waals surface area contributed by atoms with Gasteiger partial charge in [0.05, 0.1) is 18.4 Å². The number of halogens is 1. The van der Waals surface area contributed by atoms with Crippen LogP contribution < -0.4 is 9.64 Å². The van der Waals surface area contributed by atoms with Crippen molar-refractivity contribution in [2.45, 2.75) is 0 Å². The molecule has 1 aliphatic heterocycles. The Morgan fingerprint density at radius 3 is 2.42 bits per heavy atom. The van der Waals surface area contributed by atoms with Crippen LogP contribution in [0.25, 0.3) is 16.5 Å². The molecule has 0 saturated heterocycles. The molecule has 6 heteroatoms. The largest absolute Gasteiger partial charge is 0.497 e. The third-order valence-corrected chi connectivity index (χ3v) is 4.86. The maximum absolute atomic E-state index is 13.1. The number of para-hydroxylation sites is 1. The smallest absolute Gasteiger partial charge is 0.277 e. The van der Waals surface area contributed by atoms with Gasteiger partial charge in [-0.15, -0.1) is 0 Å². The van der Waals surface area contributed by atoms with E-state index in [0.29, 0.717) is 17.0 Å². The zero-order chi connectivity index (χ0) is 18.4. The number of benzene rings is 2. The Balaban J connectivity index is 1.89. The Bertz CT molecular complexity index is 1080. The number of aromatic nitrogens is 1. The second-order valence-corrected chi connectivity index (χ2v) is 6.38. The maximum atomic E-state index is 13.1. The van der Waals surface area contributed by atoms with Gasteiger partial charge in [0.25, 0.3) is 11.8 Å². The molecule has 26 heavy (non-hydrogen) atoms. The Morgan fingerprint density at radius 2 is 1.73 bits per heavy atom. The number of hydrogen-bond acceptors (Lipinski definition) is 3. The summed E-state index contributed by atoms with van der Waals surface area (Å²) in [5.41, 5.74) is 2.23. The fourth-order valence-corrected chi connectivity index (χ4v) is 3.51. The van der Waals surface area contributed by atoms with Crippen molar-refractivity contribution in [2.24, 2.45) is 7.05 Å². The van der Waals surface area contributed by atoms with Crippen LogP contribution in [0.2, 0.25) is 0 Å². The topological polar surface area (TPSA) is 51.5 Å². The summed E-state index contributed by atoms with van der Waals surface area (Å²) in [5, 5.41) is 0.727. The SMILES string of the molecule is COc1ccc2c(c1)c(C1=C(Cl)C(=O)N(c3ccccc3)C1=O)cn2C. The van der Waals surface area contributed by atoms with Crippen LogP contribution in [-0.2, 0) is 16.6 Å². The van der Waals surface area contributed by atoms with Crippen molar-refractivity contribution >= 4 is 45.6 Å². The van der Waals surface area contributed by atoms with E-state index in [4.69, 9.17) is 16.3 Å². The predicted molar refractivity (Wildman–Crippen MR) is 101 cm³/mol. The summed E-state index contributed by atoms with van der Waals surface area (Å²) in [7, 11) is 3.46. The Kier molecular flexibility index (Phi) is 3.81. The number of carbonyl (C=O) groups excluding carboxylic acids is 2. The molecule has 130 valence electrons. The minimum absolute atomic E-state index is 0.0748. The van der Waals surface area contributed by atoms with E-state index in [9.17, 15) is 9.59 Å². The van der Waals surface area contributed by atoms with E-state index in [-0.39, 0.29) is 10.6 Å². The van der Waals surface area contributed by atoms with E-state index in [1.165, 1.54) is 0 Å². The van der Waals surface area contributed by atoms with Crippen LogP contribution in [0.15, 0.2) is 59.8 Å². The molecule has 3 aromatic rings. The first-order valence-electron chi connectivity index (χ1n) is 8.00. The van der Waals surface area contributed by atoms with Crippen molar-refractivity contribution in [3.8, 4) is 5.75 Å². The fraction of sp³-hybridized carbons (Fsp3) is 0.100. The van der Waals surface area contributed by atoms with E-state index < -0.39 is 11.8 Å². The van der Waals surface area contributed by atoms with Gasteiger partial charge in [0.2, 0.25) is 0 Å². The Labute approximate surface area is 155 Å². The fourth-order valence-electron chi connectivity index (χ4n) is 3.25. The number of anilines is 1. The number of fused-ring (bicyclic) bond motifs is 1. The summed E-state index contributed by atoms with van der Waals surface area (Å²) in [6, 6.07) is 14.4. The summed E-state index contributed by atoms with van der Waals surface area (Å²) in [6.07, 6.45) is 1.81. The van der Waals surface area contributed by atoms with Gasteiger partial charge in [0.1, 0.15) is 10.8 Å². The standard InChI is InChI=1S/C20H15ClN2O3/c1-22-11-15(14-10-13(26-2)8-9-16(14)22)17-18(21)20(25)23(19(17)24)12-6-4-3-5-7-12/h3-11H,1-2H3. The van der Waals surface area contributed by atoms with Crippen molar-refractivity contribution < 1.29 is 14.3 Å². The Morgan fingerprint density at radius 1 is 1.00 bits per heavy atom. The minimum Gasteiger partial charge on any atom is -0.497 e. The molecule has 0 atom stereocenters. The van der Waals surface area contributed by atoms with Crippen LogP contribution in [-0.4, -0.2) is 23.5 Å². The molecule has 1 aromatic heterocycles. The van der Waals surface area contributed by atoms with Gasteiger partial charge in [-0.1, -0.05) is 29.8 Å². The summed E-state index contributed by atoms with van der Waals surface area (Å²) in [6.45, 7) is 0. The molecule has 0 fully saturated rings. The van der Waals surface area contributed by atoms with Crippen molar-refractivity contribution in [1.29, 1.82) is 0 Å². The molecule has 0 aliphatic carbocycles. The van der Waals surface area contributed by atoms with Gasteiger partial charge < -0.3 is 9.30 Å². The number of rotatable bonds is 3. The molecular formula is C20H15ClN2O3. The van der Waals surface area contributed by atoms with E-state index in [1.54, 1.807) is 31.4 Å². The highest BCUT2D eigenvalue weighted by atomic mass is 35.5. The number of ether oxygens (including phenoxy) is 1. The predicted octanol–water partition coefficient (Wildman–Crippen LogP) is 3.71. The zero-order valence-corrected chi connectivity index (χ0v) is 14.9. The van der Waals surface area contributed by atoms with Crippen molar-refractivity contribution in [2.75, 3.05) is 12.0 Å². The lowest BCUT2D eigenvalue weighted by Gasteiger charge is -2.14. The van der Waals surface area contributed by atoms with E-state index in [0.717, 1.165) is 15.8 Å². The van der Waals surface area contributed by atoms with Gasteiger partial charge in [-0.25, -0.2) is 4.90 Å². The van der Waals surface area contributed by atoms with Crippen LogP contribution in [0.1, 0.15) is 5.56 Å². The molecule has 0 N–H and O–H groups in total. The quantitative estimate of drug-likeness (QED) is 0.664. The van der Waals surface area contributed by atoms with Crippen molar-refractivity contribution in [3.63, 3.8) is 0 Å². The van der Waals surface area contributed by atoms with Gasteiger partial charge in [0.15, 0.2) is 0 Å². The highest BCUT2D eigenvalue weighted by Gasteiger charge is 2.40. The highest BCUT2D eigenvalue weighted by molar-refractivity contribution is 6.60. The Hall–Kier alpha value is -3.05. The van der Waals surface area contributed by atoms with E-state index >= 15 is 0 Å². The number of hydrogen-bond donors (Lipinski definition) is 0. The zero-order valence-electron chi connectivity index (χ0n) is 14.2. The van der Waals surface area contributed by atoms with Gasteiger partial charge in [0, 0.05) is 29.7 Å². The molecule has 0 radical (unpaired) electrons. The second-order valence-electron chi connectivity index (χ2n) is 6.01. The summed E-state index contributed by atoms with van der Waals surface area (Å²) < 4.78 is 7.19. The summed E-state index contributed by atoms with van der Waals surface area (Å²) in [4.78, 5) is 26.8. The van der Waals surface area contributed by atoms with Gasteiger partial charge in [-0.3, -0.25) is 9.59 Å². The van der Waals surface area contributed by atoms with Gasteiger partial charge in [-0.05, 0) is 30.3 Å². The molecule has 2 heterocycles. The third kappa shape index (κ3) is 2.32. The first-order valence-corrected chi connectivity index (χ1v) is 8.37. The number of amides is 2. The molecule has 0 spiro atoms. The lowest BCUT2D eigenvalue weighted by molar-refractivity contribution is -0.119. The van der Waals surface area contributed by atoms with E-state index in [2.05, 4.69) is 0 Å². The number of aryl methyl sites for hydroxylation is 1. The monoisotopic (exact) mass is 366 g/mol. The molecule has 0 bridgehead atoms. The third-order valence-electron chi connectivity index (χ3n) is 4.51. The van der Waals surface area contributed by atoms with Gasteiger partial charge >= 0.3 is 0 Å². The molecule has 0 unspecified atom stereocenters. The first-order chi connectivity index (χ1) is 12.5. The van der Waals surface area contributed by atoms with Crippen LogP contribution in [0.3, 0.4) is 0 Å². The van der Waals surface area contributed by atoms with Crippen LogP contribution in [0.5, 0.6) is 5.75 Å². The molecule has 4 rings (SSSR count). The van der Waals surface area contributed by atoms with Crippen LogP contribution in [0, 0.1) is 0 Å². The molecule has 0 saturated carbocycles. The normalized spacial score (nSPS) is 14.7. The molecule has 1 aliphatic rings.